The van der Waals surface area contributed by atoms with Crippen LogP contribution in [0.3, 0.4) is 0 Å². The molecule has 2 N–H and O–H groups in total. The van der Waals surface area contributed by atoms with Crippen molar-refractivity contribution in [1.82, 2.24) is 14.8 Å². The predicted molar refractivity (Wildman–Crippen MR) is 108 cm³/mol. The lowest BCUT2D eigenvalue weighted by Crippen LogP contribution is -2.15. The summed E-state index contributed by atoms with van der Waals surface area (Å²) in [6.07, 6.45) is 2.55. The Labute approximate surface area is 168 Å². The predicted octanol–water partition coefficient (Wildman–Crippen LogP) is 4.12. The van der Waals surface area contributed by atoms with E-state index in [0.717, 1.165) is 40.9 Å². The van der Waals surface area contributed by atoms with Crippen molar-refractivity contribution in [3.8, 4) is 11.5 Å². The molecule has 1 aliphatic carbocycles. The Morgan fingerprint density at radius 2 is 1.86 bits per heavy atom. The summed E-state index contributed by atoms with van der Waals surface area (Å²) < 4.78 is 8.09. The van der Waals surface area contributed by atoms with Crippen molar-refractivity contribution in [2.24, 2.45) is 5.73 Å². The zero-order valence-electron chi connectivity index (χ0n) is 15.5. The van der Waals surface area contributed by atoms with Crippen molar-refractivity contribution in [2.75, 3.05) is 0 Å². The maximum atomic E-state index is 11.2. The third-order valence-corrected chi connectivity index (χ3v) is 5.59. The quantitative estimate of drug-likeness (QED) is 0.552. The molecule has 144 valence electrons. The van der Waals surface area contributed by atoms with Crippen molar-refractivity contribution in [3.05, 3.63) is 66.0 Å². The van der Waals surface area contributed by atoms with Gasteiger partial charge in [0.2, 0.25) is 5.91 Å². The van der Waals surface area contributed by atoms with Crippen LogP contribution in [0.4, 0.5) is 0 Å². The fraction of sp³-hybridized carbons (Fsp3) is 0.286. The molecule has 1 saturated carbocycles. The molecule has 1 aromatic heterocycles. The van der Waals surface area contributed by atoms with Crippen LogP contribution < -0.4 is 10.5 Å². The van der Waals surface area contributed by atoms with Crippen molar-refractivity contribution in [1.29, 1.82) is 0 Å². The molecule has 0 unspecified atom stereocenters. The molecule has 2 aromatic carbocycles. The number of nitrogens with two attached hydrogens (primary N) is 1. The monoisotopic (exact) mass is 394 g/mol. The molecule has 4 rings (SSSR count). The lowest BCUT2D eigenvalue weighted by Gasteiger charge is -2.12. The molecular formula is C21H22N4O2S. The number of amides is 1. The first-order chi connectivity index (χ1) is 13.7. The second-order valence-corrected chi connectivity index (χ2v) is 7.74. The maximum absolute atomic E-state index is 11.2. The van der Waals surface area contributed by atoms with Gasteiger partial charge in [-0.3, -0.25) is 4.79 Å². The average molecular weight is 395 g/mol. The number of carbonyl (C=O) groups is 1. The summed E-state index contributed by atoms with van der Waals surface area (Å²) in [5, 5.41) is 9.55. The Kier molecular flexibility index (Phi) is 5.62. The van der Waals surface area contributed by atoms with Crippen LogP contribution in [0.1, 0.15) is 36.6 Å². The molecule has 0 aliphatic heterocycles. The van der Waals surface area contributed by atoms with Gasteiger partial charge in [0.05, 0.1) is 0 Å². The lowest BCUT2D eigenvalue weighted by atomic mass is 10.2. The molecule has 0 saturated heterocycles. The fourth-order valence-corrected chi connectivity index (χ4v) is 3.93. The SMILES string of the molecule is NC(=O)CCn1c(SCc2ccccc2Oc2ccccc2)nnc1C1CC1. The van der Waals surface area contributed by atoms with Gasteiger partial charge in [0.15, 0.2) is 5.16 Å². The van der Waals surface area contributed by atoms with E-state index in [0.29, 0.717) is 24.6 Å². The largest absolute Gasteiger partial charge is 0.457 e. The van der Waals surface area contributed by atoms with Gasteiger partial charge in [0.1, 0.15) is 17.3 Å². The van der Waals surface area contributed by atoms with Gasteiger partial charge in [-0.15, -0.1) is 10.2 Å². The van der Waals surface area contributed by atoms with Crippen molar-refractivity contribution >= 4 is 17.7 Å². The molecule has 1 aliphatic rings. The number of benzene rings is 2. The van der Waals surface area contributed by atoms with E-state index in [9.17, 15) is 4.79 Å². The summed E-state index contributed by atoms with van der Waals surface area (Å²) in [6, 6.07) is 17.7. The highest BCUT2D eigenvalue weighted by molar-refractivity contribution is 7.98. The third kappa shape index (κ3) is 4.54. The molecule has 1 amide bonds. The average Bonchev–Trinajstić information content (AvgIpc) is 3.47. The fourth-order valence-electron chi connectivity index (χ4n) is 2.96. The number of rotatable bonds is 9. The number of aromatic nitrogens is 3. The van der Waals surface area contributed by atoms with Crippen LogP contribution in [0.5, 0.6) is 11.5 Å². The number of ether oxygens (including phenoxy) is 1. The van der Waals surface area contributed by atoms with E-state index in [-0.39, 0.29) is 5.91 Å². The van der Waals surface area contributed by atoms with Gasteiger partial charge in [0.25, 0.3) is 0 Å². The van der Waals surface area contributed by atoms with Gasteiger partial charge in [-0.2, -0.15) is 0 Å². The first kappa shape index (κ1) is 18.6. The van der Waals surface area contributed by atoms with Gasteiger partial charge in [0, 0.05) is 30.2 Å². The lowest BCUT2D eigenvalue weighted by molar-refractivity contribution is -0.118. The zero-order chi connectivity index (χ0) is 19.3. The van der Waals surface area contributed by atoms with Crippen LogP contribution in [0.2, 0.25) is 0 Å². The Morgan fingerprint density at radius 3 is 2.61 bits per heavy atom. The Morgan fingerprint density at radius 1 is 1.11 bits per heavy atom. The topological polar surface area (TPSA) is 83.0 Å². The summed E-state index contributed by atoms with van der Waals surface area (Å²) in [5.41, 5.74) is 6.42. The van der Waals surface area contributed by atoms with Gasteiger partial charge in [-0.1, -0.05) is 48.2 Å². The minimum absolute atomic E-state index is 0.291. The Hall–Kier alpha value is -2.80. The van der Waals surface area contributed by atoms with E-state index in [1.54, 1.807) is 11.8 Å². The first-order valence-electron chi connectivity index (χ1n) is 9.35. The highest BCUT2D eigenvalue weighted by Crippen LogP contribution is 2.40. The number of carbonyl (C=O) groups excluding carboxylic acids is 1. The third-order valence-electron chi connectivity index (χ3n) is 4.57. The number of hydrogen-bond acceptors (Lipinski definition) is 5. The molecule has 0 spiro atoms. The van der Waals surface area contributed by atoms with Crippen LogP contribution in [0.15, 0.2) is 59.8 Å². The standard InChI is InChI=1S/C21H22N4O2S/c22-19(26)12-13-25-20(15-10-11-15)23-24-21(25)28-14-16-6-4-5-9-18(16)27-17-7-2-1-3-8-17/h1-9,15H,10-14H2,(H2,22,26). The normalized spacial score (nSPS) is 13.4. The molecule has 7 heteroatoms. The van der Waals surface area contributed by atoms with Gasteiger partial charge >= 0.3 is 0 Å². The Bertz CT molecular complexity index is 954. The molecule has 6 nitrogen and oxygen atoms in total. The van der Waals surface area contributed by atoms with E-state index < -0.39 is 0 Å². The maximum Gasteiger partial charge on any atom is 0.219 e. The minimum atomic E-state index is -0.312. The van der Waals surface area contributed by atoms with Crippen LogP contribution in [0, 0.1) is 0 Å². The number of primary amides is 1. The van der Waals surface area contributed by atoms with E-state index in [4.69, 9.17) is 10.5 Å². The molecule has 0 radical (unpaired) electrons. The van der Waals surface area contributed by atoms with E-state index in [1.165, 1.54) is 0 Å². The number of para-hydroxylation sites is 2. The minimum Gasteiger partial charge on any atom is -0.457 e. The van der Waals surface area contributed by atoms with Crippen LogP contribution >= 0.6 is 11.8 Å². The summed E-state index contributed by atoms with van der Waals surface area (Å²) in [6.45, 7) is 0.526. The van der Waals surface area contributed by atoms with Gasteiger partial charge in [-0.25, -0.2) is 0 Å². The molecule has 3 aromatic rings. The first-order valence-corrected chi connectivity index (χ1v) is 10.3. The summed E-state index contributed by atoms with van der Waals surface area (Å²) in [4.78, 5) is 11.2. The molecule has 0 atom stereocenters. The highest BCUT2D eigenvalue weighted by atomic mass is 32.2. The van der Waals surface area contributed by atoms with E-state index in [1.807, 2.05) is 53.1 Å². The van der Waals surface area contributed by atoms with Crippen LogP contribution in [-0.2, 0) is 17.1 Å². The number of nitrogens with zero attached hydrogens (tertiary/aromatic N) is 3. The molecule has 1 heterocycles. The number of hydrogen-bond donors (Lipinski definition) is 1. The smallest absolute Gasteiger partial charge is 0.219 e. The second-order valence-electron chi connectivity index (χ2n) is 6.79. The van der Waals surface area contributed by atoms with E-state index >= 15 is 0 Å². The van der Waals surface area contributed by atoms with E-state index in [2.05, 4.69) is 16.3 Å². The Balaban J connectivity index is 1.50. The van der Waals surface area contributed by atoms with Gasteiger partial charge < -0.3 is 15.0 Å². The van der Waals surface area contributed by atoms with Crippen molar-refractivity contribution in [2.45, 2.75) is 42.6 Å². The summed E-state index contributed by atoms with van der Waals surface area (Å²) >= 11 is 1.60. The summed E-state index contributed by atoms with van der Waals surface area (Å²) in [5.74, 6) is 3.45. The highest BCUT2D eigenvalue weighted by Gasteiger charge is 2.30. The van der Waals surface area contributed by atoms with Crippen molar-refractivity contribution < 1.29 is 9.53 Å². The second kappa shape index (κ2) is 8.48. The van der Waals surface area contributed by atoms with Crippen LogP contribution in [0.25, 0.3) is 0 Å². The number of thioether (sulfide) groups is 1. The molecular weight excluding hydrogens is 372 g/mol. The van der Waals surface area contributed by atoms with Crippen LogP contribution in [-0.4, -0.2) is 20.7 Å². The molecule has 1 fully saturated rings. The molecule has 0 bridgehead atoms. The summed E-state index contributed by atoms with van der Waals surface area (Å²) in [7, 11) is 0. The van der Waals surface area contributed by atoms with Crippen molar-refractivity contribution in [3.63, 3.8) is 0 Å². The molecule has 28 heavy (non-hydrogen) atoms. The van der Waals surface area contributed by atoms with Gasteiger partial charge in [-0.05, 0) is 31.0 Å². The zero-order valence-corrected chi connectivity index (χ0v) is 16.3.